The first-order valence-electron chi connectivity index (χ1n) is 6.87. The highest BCUT2D eigenvalue weighted by atomic mass is 32.2. The highest BCUT2D eigenvalue weighted by molar-refractivity contribution is 7.91. The van der Waals surface area contributed by atoms with Crippen molar-refractivity contribution in [3.05, 3.63) is 69.8 Å². The van der Waals surface area contributed by atoms with Gasteiger partial charge in [0.25, 0.3) is 5.69 Å². The molecular formula is C16H15NO5S. The van der Waals surface area contributed by atoms with Crippen LogP contribution in [0.5, 0.6) is 0 Å². The quantitative estimate of drug-likeness (QED) is 0.460. The van der Waals surface area contributed by atoms with Gasteiger partial charge in [-0.15, -0.1) is 0 Å². The normalized spacial score (nSPS) is 11.2. The highest BCUT2D eigenvalue weighted by Crippen LogP contribution is 2.16. The number of sulfone groups is 1. The highest BCUT2D eigenvalue weighted by Gasteiger charge is 2.17. The predicted octanol–water partition coefficient (Wildman–Crippen LogP) is 2.95. The Morgan fingerprint density at radius 1 is 1.04 bits per heavy atom. The van der Waals surface area contributed by atoms with Gasteiger partial charge >= 0.3 is 0 Å². The van der Waals surface area contributed by atoms with Gasteiger partial charge in [0, 0.05) is 24.1 Å². The van der Waals surface area contributed by atoms with E-state index in [9.17, 15) is 23.3 Å². The van der Waals surface area contributed by atoms with Crippen LogP contribution in [0.3, 0.4) is 0 Å². The largest absolute Gasteiger partial charge is 0.294 e. The van der Waals surface area contributed by atoms with Gasteiger partial charge in [-0.1, -0.05) is 17.7 Å². The number of rotatable bonds is 6. The van der Waals surface area contributed by atoms with Crippen LogP contribution < -0.4 is 0 Å². The van der Waals surface area contributed by atoms with Gasteiger partial charge in [0.2, 0.25) is 0 Å². The fourth-order valence-corrected chi connectivity index (χ4v) is 3.24. The maximum atomic E-state index is 12.2. The molecule has 0 fully saturated rings. The van der Waals surface area contributed by atoms with Crippen LogP contribution in [0.1, 0.15) is 22.3 Å². The third-order valence-electron chi connectivity index (χ3n) is 3.38. The minimum atomic E-state index is -3.53. The van der Waals surface area contributed by atoms with Crippen molar-refractivity contribution in [1.29, 1.82) is 0 Å². The lowest BCUT2D eigenvalue weighted by Crippen LogP contribution is -2.11. The van der Waals surface area contributed by atoms with Gasteiger partial charge in [-0.25, -0.2) is 8.42 Å². The number of nitro groups is 1. The first-order valence-corrected chi connectivity index (χ1v) is 8.52. The third kappa shape index (κ3) is 4.23. The molecular weight excluding hydrogens is 318 g/mol. The van der Waals surface area contributed by atoms with Gasteiger partial charge in [0.1, 0.15) is 0 Å². The van der Waals surface area contributed by atoms with E-state index in [1.54, 1.807) is 12.1 Å². The van der Waals surface area contributed by atoms with Crippen molar-refractivity contribution in [2.75, 3.05) is 5.75 Å². The van der Waals surface area contributed by atoms with Crippen molar-refractivity contribution in [1.82, 2.24) is 0 Å². The average molecular weight is 333 g/mol. The molecule has 0 saturated heterocycles. The molecule has 0 aromatic heterocycles. The molecule has 0 N–H and O–H groups in total. The molecule has 0 spiro atoms. The topological polar surface area (TPSA) is 94.3 Å². The molecule has 0 amide bonds. The fourth-order valence-electron chi connectivity index (χ4n) is 2.00. The number of non-ortho nitro benzene ring substituents is 1. The van der Waals surface area contributed by atoms with Crippen LogP contribution in [0.4, 0.5) is 5.69 Å². The molecule has 0 aliphatic rings. The first-order chi connectivity index (χ1) is 10.8. The number of nitro benzene ring substituents is 1. The second-order valence-electron chi connectivity index (χ2n) is 5.11. The van der Waals surface area contributed by atoms with E-state index in [2.05, 4.69) is 0 Å². The molecule has 2 rings (SSSR count). The van der Waals surface area contributed by atoms with Crippen LogP contribution >= 0.6 is 0 Å². The summed E-state index contributed by atoms with van der Waals surface area (Å²) in [4.78, 5) is 22.2. The fraction of sp³-hybridized carbons (Fsp3) is 0.188. The Morgan fingerprint density at radius 2 is 1.61 bits per heavy atom. The van der Waals surface area contributed by atoms with E-state index >= 15 is 0 Å². The zero-order valence-corrected chi connectivity index (χ0v) is 13.2. The van der Waals surface area contributed by atoms with Crippen molar-refractivity contribution in [3.63, 3.8) is 0 Å². The van der Waals surface area contributed by atoms with Gasteiger partial charge < -0.3 is 0 Å². The number of nitrogens with zero attached hydrogens (tertiary/aromatic N) is 1. The van der Waals surface area contributed by atoms with E-state index in [1.807, 2.05) is 6.92 Å². The molecule has 0 bridgehead atoms. The molecule has 0 radical (unpaired) electrons. The van der Waals surface area contributed by atoms with Crippen LogP contribution in [0.25, 0.3) is 0 Å². The number of ketones is 1. The summed E-state index contributed by atoms with van der Waals surface area (Å²) >= 11 is 0. The summed E-state index contributed by atoms with van der Waals surface area (Å²) in [7, 11) is -3.53. The van der Waals surface area contributed by atoms with Crippen molar-refractivity contribution in [2.45, 2.75) is 18.2 Å². The number of aryl methyl sites for hydroxylation is 1. The Labute approximate surface area is 133 Å². The predicted molar refractivity (Wildman–Crippen MR) is 85.3 cm³/mol. The number of carbonyl (C=O) groups excluding carboxylic acids is 1. The molecule has 23 heavy (non-hydrogen) atoms. The zero-order chi connectivity index (χ0) is 17.0. The van der Waals surface area contributed by atoms with Crippen molar-refractivity contribution < 1.29 is 18.1 Å². The van der Waals surface area contributed by atoms with Gasteiger partial charge in [0.05, 0.1) is 15.6 Å². The summed E-state index contributed by atoms with van der Waals surface area (Å²) in [5.41, 5.74) is 1.09. The summed E-state index contributed by atoms with van der Waals surface area (Å²) < 4.78 is 24.4. The van der Waals surface area contributed by atoms with Crippen molar-refractivity contribution >= 4 is 21.3 Å². The summed E-state index contributed by atoms with van der Waals surface area (Å²) in [5.74, 6) is -0.665. The van der Waals surface area contributed by atoms with E-state index in [-0.39, 0.29) is 34.1 Å². The Balaban J connectivity index is 2.06. The van der Waals surface area contributed by atoms with E-state index in [4.69, 9.17) is 0 Å². The Bertz CT molecular complexity index is 824. The van der Waals surface area contributed by atoms with E-state index in [1.165, 1.54) is 36.4 Å². The summed E-state index contributed by atoms with van der Waals surface area (Å²) in [6.07, 6.45) is -0.173. The minimum Gasteiger partial charge on any atom is -0.294 e. The summed E-state index contributed by atoms with van der Waals surface area (Å²) in [6, 6.07) is 11.5. The van der Waals surface area contributed by atoms with Crippen LogP contribution in [0.2, 0.25) is 0 Å². The van der Waals surface area contributed by atoms with Crippen molar-refractivity contribution in [3.8, 4) is 0 Å². The maximum Gasteiger partial charge on any atom is 0.269 e. The van der Waals surface area contributed by atoms with Crippen molar-refractivity contribution in [2.24, 2.45) is 0 Å². The SMILES string of the molecule is Cc1ccc(S(=O)(=O)CCC(=O)c2ccc([N+](=O)[O-])cc2)cc1. The van der Waals surface area contributed by atoms with Gasteiger partial charge in [-0.05, 0) is 31.2 Å². The molecule has 0 atom stereocenters. The molecule has 7 heteroatoms. The van der Waals surface area contributed by atoms with Crippen LogP contribution in [0.15, 0.2) is 53.4 Å². The van der Waals surface area contributed by atoms with Crippen LogP contribution in [0, 0.1) is 17.0 Å². The second kappa shape index (κ2) is 6.70. The molecule has 0 unspecified atom stereocenters. The first kappa shape index (κ1) is 16.8. The number of benzene rings is 2. The number of hydrogen-bond acceptors (Lipinski definition) is 5. The lowest BCUT2D eigenvalue weighted by molar-refractivity contribution is -0.384. The molecule has 120 valence electrons. The number of hydrogen-bond donors (Lipinski definition) is 0. The van der Waals surface area contributed by atoms with Gasteiger partial charge in [-0.2, -0.15) is 0 Å². The molecule has 2 aromatic rings. The van der Waals surface area contributed by atoms with E-state index < -0.39 is 14.8 Å². The molecule has 0 aliphatic carbocycles. The van der Waals surface area contributed by atoms with Gasteiger partial charge in [-0.3, -0.25) is 14.9 Å². The molecule has 0 saturated carbocycles. The van der Waals surface area contributed by atoms with E-state index in [0.29, 0.717) is 0 Å². The monoisotopic (exact) mass is 333 g/mol. The summed E-state index contributed by atoms with van der Waals surface area (Å²) in [6.45, 7) is 1.86. The number of Topliss-reactive ketones (excluding diaryl/α,β-unsaturated/α-hetero) is 1. The Morgan fingerprint density at radius 3 is 2.13 bits per heavy atom. The minimum absolute atomic E-state index is 0.117. The third-order valence-corrected chi connectivity index (χ3v) is 5.11. The Hall–Kier alpha value is -2.54. The summed E-state index contributed by atoms with van der Waals surface area (Å²) in [5, 5.41) is 10.6. The average Bonchev–Trinajstić information content (AvgIpc) is 2.53. The van der Waals surface area contributed by atoms with Crippen LogP contribution in [-0.4, -0.2) is 24.9 Å². The number of carbonyl (C=O) groups is 1. The zero-order valence-electron chi connectivity index (χ0n) is 12.4. The molecule has 0 heterocycles. The molecule has 6 nitrogen and oxygen atoms in total. The van der Waals surface area contributed by atoms with E-state index in [0.717, 1.165) is 5.56 Å². The molecule has 0 aliphatic heterocycles. The lowest BCUT2D eigenvalue weighted by Gasteiger charge is -2.05. The van der Waals surface area contributed by atoms with Crippen LogP contribution in [-0.2, 0) is 9.84 Å². The molecule has 2 aromatic carbocycles. The van der Waals surface area contributed by atoms with Gasteiger partial charge in [0.15, 0.2) is 15.6 Å². The lowest BCUT2D eigenvalue weighted by atomic mass is 10.1. The Kier molecular flexibility index (Phi) is 4.90. The standard InChI is InChI=1S/C16H15NO5S/c1-12-2-8-15(9-3-12)23(21,22)11-10-16(18)13-4-6-14(7-5-13)17(19)20/h2-9H,10-11H2,1H3. The smallest absolute Gasteiger partial charge is 0.269 e. The second-order valence-corrected chi connectivity index (χ2v) is 7.22. The maximum absolute atomic E-state index is 12.2.